The van der Waals surface area contributed by atoms with Crippen LogP contribution in [0.5, 0.6) is 0 Å². The molecule has 1 fully saturated rings. The van der Waals surface area contributed by atoms with Gasteiger partial charge in [0.2, 0.25) is 5.82 Å². The molecule has 4 rings (SSSR count). The maximum Gasteiger partial charge on any atom is 0.413 e. The summed E-state index contributed by atoms with van der Waals surface area (Å²) in [7, 11) is 1.72. The maximum absolute atomic E-state index is 11.9. The third-order valence-corrected chi connectivity index (χ3v) is 5.30. The van der Waals surface area contributed by atoms with Gasteiger partial charge in [-0.25, -0.2) is 14.5 Å². The van der Waals surface area contributed by atoms with Gasteiger partial charge < -0.3 is 9.94 Å². The van der Waals surface area contributed by atoms with E-state index in [-0.39, 0.29) is 12.6 Å². The predicted octanol–water partition coefficient (Wildman–Crippen LogP) is 3.25. The van der Waals surface area contributed by atoms with Crippen LogP contribution in [-0.2, 0) is 18.5 Å². The van der Waals surface area contributed by atoms with Crippen molar-refractivity contribution < 1.29 is 14.7 Å². The lowest BCUT2D eigenvalue weighted by Crippen LogP contribution is -2.38. The molecule has 32 heavy (non-hydrogen) atoms. The van der Waals surface area contributed by atoms with Gasteiger partial charge >= 0.3 is 6.09 Å². The lowest BCUT2D eigenvalue weighted by atomic mass is 10.1. The topological polar surface area (TPSA) is 119 Å². The lowest BCUT2D eigenvalue weighted by molar-refractivity contribution is 0.128. The van der Waals surface area contributed by atoms with Crippen LogP contribution < -0.4 is 4.90 Å². The Kier molecular flexibility index (Phi) is 6.39. The van der Waals surface area contributed by atoms with Crippen molar-refractivity contribution in [3.63, 3.8) is 0 Å². The molecule has 1 aliphatic carbocycles. The fourth-order valence-corrected chi connectivity index (χ4v) is 3.55. The van der Waals surface area contributed by atoms with Crippen LogP contribution in [0.15, 0.2) is 53.7 Å². The van der Waals surface area contributed by atoms with Crippen LogP contribution in [-0.4, -0.2) is 48.1 Å². The quantitative estimate of drug-likeness (QED) is 0.405. The molecule has 10 heteroatoms. The first-order chi connectivity index (χ1) is 15.5. The van der Waals surface area contributed by atoms with E-state index in [0.29, 0.717) is 29.0 Å². The normalized spacial score (nSPS) is 14.8. The second-order valence-corrected chi connectivity index (χ2v) is 7.87. The first-order valence-electron chi connectivity index (χ1n) is 10.5. The number of oxime groups is 1. The number of pyridine rings is 1. The van der Waals surface area contributed by atoms with Gasteiger partial charge in [-0.05, 0) is 41.8 Å². The molecule has 1 atom stereocenters. The Morgan fingerprint density at radius 2 is 2.03 bits per heavy atom. The number of tetrazole rings is 1. The van der Waals surface area contributed by atoms with Crippen LogP contribution in [0.4, 0.5) is 10.6 Å². The Hall–Kier alpha value is -3.82. The van der Waals surface area contributed by atoms with Gasteiger partial charge in [0.15, 0.2) is 12.3 Å². The highest BCUT2D eigenvalue weighted by Crippen LogP contribution is 2.35. The molecule has 10 nitrogen and oxygen atoms in total. The lowest BCUT2D eigenvalue weighted by Gasteiger charge is -2.25. The number of anilines is 1. The first kappa shape index (κ1) is 21.4. The summed E-state index contributed by atoms with van der Waals surface area (Å²) in [6.45, 7) is 1.99. The molecule has 0 spiro atoms. The molecule has 1 aromatic carbocycles. The zero-order valence-corrected chi connectivity index (χ0v) is 18.0. The molecule has 0 aliphatic heterocycles. The number of nitrogens with zero attached hydrogens (tertiary/aromatic N) is 7. The second kappa shape index (κ2) is 9.54. The molecule has 3 aromatic rings. The number of aryl methyl sites for hydroxylation is 1. The zero-order chi connectivity index (χ0) is 22.5. The van der Waals surface area contributed by atoms with Crippen molar-refractivity contribution in [3.05, 3.63) is 65.6 Å². The minimum absolute atomic E-state index is 0.0694. The summed E-state index contributed by atoms with van der Waals surface area (Å²) in [6, 6.07) is 14.6. The Labute approximate surface area is 185 Å². The molecule has 2 aromatic heterocycles. The van der Waals surface area contributed by atoms with E-state index < -0.39 is 6.09 Å². The largest absolute Gasteiger partial charge is 0.465 e. The van der Waals surface area contributed by atoms with Crippen molar-refractivity contribution in [2.75, 3.05) is 4.90 Å². The van der Waals surface area contributed by atoms with Crippen LogP contribution in [0, 0.1) is 5.92 Å². The minimum atomic E-state index is -1.01. The van der Waals surface area contributed by atoms with Crippen molar-refractivity contribution in [1.82, 2.24) is 25.2 Å². The fraction of sp³-hybridized carbons (Fsp3) is 0.364. The average molecular weight is 435 g/mol. The molecule has 1 unspecified atom stereocenters. The molecule has 166 valence electrons. The fourth-order valence-electron chi connectivity index (χ4n) is 3.55. The number of carbonyl (C=O) groups is 1. The number of hydrogen-bond acceptors (Lipinski definition) is 7. The third kappa shape index (κ3) is 5.08. The summed E-state index contributed by atoms with van der Waals surface area (Å²) in [5.41, 5.74) is 1.86. The minimum Gasteiger partial charge on any atom is -0.465 e. The molecular formula is C22H25N7O3. The van der Waals surface area contributed by atoms with Gasteiger partial charge in [-0.2, -0.15) is 0 Å². The summed E-state index contributed by atoms with van der Waals surface area (Å²) >= 11 is 0. The number of carboxylic acid groups (broad SMARTS) is 1. The second-order valence-electron chi connectivity index (χ2n) is 7.87. The Morgan fingerprint density at radius 1 is 1.25 bits per heavy atom. The van der Waals surface area contributed by atoms with Gasteiger partial charge in [-0.1, -0.05) is 54.4 Å². The summed E-state index contributed by atoms with van der Waals surface area (Å²) in [5.74, 6) is 1.46. The van der Waals surface area contributed by atoms with E-state index in [9.17, 15) is 9.90 Å². The van der Waals surface area contributed by atoms with Crippen LogP contribution in [0.2, 0.25) is 0 Å². The van der Waals surface area contributed by atoms with E-state index in [1.54, 1.807) is 25.2 Å². The number of rotatable bonds is 9. The van der Waals surface area contributed by atoms with Crippen LogP contribution in [0.25, 0.3) is 0 Å². The Bertz CT molecular complexity index is 1100. The molecule has 0 saturated heterocycles. The highest BCUT2D eigenvalue weighted by molar-refractivity contribution is 6.10. The van der Waals surface area contributed by atoms with E-state index in [1.807, 2.05) is 37.3 Å². The standard InChI is InChI=1S/C22H25N7O3/c1-15(13-16-11-12-16)29(22(30)31)19-10-6-9-18(23-19)14-32-25-20(17-7-4-3-5-8-17)21-24-26-27-28(21)2/h3-10,15-16H,11-14H2,1-2H3,(H,30,31). The molecule has 2 heterocycles. The molecule has 1 saturated carbocycles. The molecule has 0 radical (unpaired) electrons. The van der Waals surface area contributed by atoms with E-state index in [4.69, 9.17) is 4.84 Å². The van der Waals surface area contributed by atoms with Crippen molar-refractivity contribution in [2.45, 2.75) is 38.8 Å². The van der Waals surface area contributed by atoms with E-state index in [1.165, 1.54) is 22.4 Å². The van der Waals surface area contributed by atoms with Gasteiger partial charge in [0.05, 0.1) is 5.69 Å². The molecule has 1 N–H and O–H groups in total. The highest BCUT2D eigenvalue weighted by atomic mass is 16.6. The third-order valence-electron chi connectivity index (χ3n) is 5.30. The smallest absolute Gasteiger partial charge is 0.413 e. The van der Waals surface area contributed by atoms with Crippen LogP contribution in [0.1, 0.15) is 43.3 Å². The van der Waals surface area contributed by atoms with Gasteiger partial charge in [0, 0.05) is 18.7 Å². The zero-order valence-electron chi connectivity index (χ0n) is 18.0. The van der Waals surface area contributed by atoms with Gasteiger partial charge in [0.1, 0.15) is 5.82 Å². The molecule has 1 aliphatic rings. The van der Waals surface area contributed by atoms with Gasteiger partial charge in [-0.15, -0.1) is 5.10 Å². The Balaban J connectivity index is 1.52. The van der Waals surface area contributed by atoms with E-state index >= 15 is 0 Å². The molecule has 1 amide bonds. The van der Waals surface area contributed by atoms with E-state index in [0.717, 1.165) is 12.0 Å². The number of aromatic nitrogens is 5. The Morgan fingerprint density at radius 3 is 2.69 bits per heavy atom. The maximum atomic E-state index is 11.9. The van der Waals surface area contributed by atoms with Crippen LogP contribution in [0.3, 0.4) is 0 Å². The van der Waals surface area contributed by atoms with Crippen LogP contribution >= 0.6 is 0 Å². The van der Waals surface area contributed by atoms with Crippen molar-refractivity contribution >= 4 is 17.6 Å². The number of amides is 1. The van der Waals surface area contributed by atoms with Crippen molar-refractivity contribution in [2.24, 2.45) is 18.1 Å². The first-order valence-corrected chi connectivity index (χ1v) is 10.5. The van der Waals surface area contributed by atoms with E-state index in [2.05, 4.69) is 25.7 Å². The van der Waals surface area contributed by atoms with Gasteiger partial charge in [0.25, 0.3) is 0 Å². The summed E-state index contributed by atoms with van der Waals surface area (Å²) in [5, 5.41) is 25.6. The summed E-state index contributed by atoms with van der Waals surface area (Å²) in [6.07, 6.45) is 2.16. The molecule has 0 bridgehead atoms. The van der Waals surface area contributed by atoms with Gasteiger partial charge in [-0.3, -0.25) is 4.90 Å². The average Bonchev–Trinajstić information content (AvgIpc) is 3.49. The number of benzene rings is 1. The highest BCUT2D eigenvalue weighted by Gasteiger charge is 2.30. The van der Waals surface area contributed by atoms with Crippen molar-refractivity contribution in [3.8, 4) is 0 Å². The summed E-state index contributed by atoms with van der Waals surface area (Å²) in [4.78, 5) is 23.3. The number of hydrogen-bond donors (Lipinski definition) is 1. The van der Waals surface area contributed by atoms with Crippen molar-refractivity contribution in [1.29, 1.82) is 0 Å². The SMILES string of the molecule is CC(CC1CC1)N(C(=O)O)c1cccc(CON=C(c2ccccc2)c2nnnn2C)n1. The predicted molar refractivity (Wildman–Crippen MR) is 117 cm³/mol. The molecular weight excluding hydrogens is 410 g/mol. The monoisotopic (exact) mass is 435 g/mol. The summed E-state index contributed by atoms with van der Waals surface area (Å²) < 4.78 is 1.51.